The lowest BCUT2D eigenvalue weighted by molar-refractivity contribution is -0.460. The monoisotopic (exact) mass is 476 g/mol. The summed E-state index contributed by atoms with van der Waals surface area (Å²) >= 11 is 0. The number of halogens is 13. The van der Waals surface area contributed by atoms with Crippen LogP contribution in [0.4, 0.5) is 57.1 Å². The van der Waals surface area contributed by atoms with Crippen LogP contribution < -0.4 is 0 Å². The molecule has 0 N–H and O–H groups in total. The Bertz CT molecular complexity index is 646. The maximum Gasteiger partial charge on any atom is 0.434 e. The third kappa shape index (κ3) is 4.65. The third-order valence-electron chi connectivity index (χ3n) is 4.37. The van der Waals surface area contributed by atoms with E-state index in [2.05, 4.69) is 9.47 Å². The molecule has 0 amide bonds. The highest BCUT2D eigenvalue weighted by Gasteiger charge is 2.82. The van der Waals surface area contributed by atoms with E-state index in [9.17, 15) is 57.1 Å². The molecule has 0 aromatic heterocycles. The van der Waals surface area contributed by atoms with Crippen LogP contribution in [0.1, 0.15) is 34.6 Å². The lowest BCUT2D eigenvalue weighted by Crippen LogP contribution is -2.72. The number of hydrogen-bond acceptors (Lipinski definition) is 2. The van der Waals surface area contributed by atoms with Crippen molar-refractivity contribution < 1.29 is 66.5 Å². The lowest BCUT2D eigenvalue weighted by Gasteiger charge is -2.48. The largest absolute Gasteiger partial charge is 0.434 e. The van der Waals surface area contributed by atoms with Crippen LogP contribution in [-0.2, 0) is 9.47 Å². The van der Waals surface area contributed by atoms with Crippen LogP contribution >= 0.6 is 0 Å². The summed E-state index contributed by atoms with van der Waals surface area (Å²) < 4.78 is 182. The Morgan fingerprint density at radius 1 is 0.600 bits per heavy atom. The maximum absolute atomic E-state index is 14.8. The number of ether oxygens (including phenoxy) is 2. The molecule has 180 valence electrons. The molecule has 0 spiro atoms. The normalized spacial score (nSPS) is 19.3. The summed E-state index contributed by atoms with van der Waals surface area (Å²) in [5.74, 6) is -2.79. The molecule has 0 fully saturated rings. The molecule has 0 aliphatic rings. The van der Waals surface area contributed by atoms with E-state index in [1.54, 1.807) is 0 Å². The van der Waals surface area contributed by atoms with Crippen molar-refractivity contribution in [2.45, 2.75) is 81.7 Å². The molecule has 0 aliphatic heterocycles. The summed E-state index contributed by atoms with van der Waals surface area (Å²) in [5.41, 5.74) is -19.4. The summed E-state index contributed by atoms with van der Waals surface area (Å²) in [7, 11) is 0. The van der Waals surface area contributed by atoms with Gasteiger partial charge in [-0.1, -0.05) is 6.58 Å². The predicted octanol–water partition coefficient (Wildman–Crippen LogP) is 6.81. The fraction of sp³-hybridized carbons (Fsp3) is 0.867. The highest BCUT2D eigenvalue weighted by molar-refractivity contribution is 5.11. The average molecular weight is 476 g/mol. The predicted molar refractivity (Wildman–Crippen MR) is 75.9 cm³/mol. The van der Waals surface area contributed by atoms with Gasteiger partial charge >= 0.3 is 30.2 Å². The summed E-state index contributed by atoms with van der Waals surface area (Å²) in [6.45, 7) is 0.838. The Morgan fingerprint density at radius 3 is 1.23 bits per heavy atom. The van der Waals surface area contributed by atoms with E-state index in [-0.39, 0.29) is 34.6 Å². The molecule has 30 heavy (non-hydrogen) atoms. The molecule has 0 radical (unpaired) electrons. The SMILES string of the molecule is C=C(F)C(F)(F)OC(C)(C)C(F)(C(F)(F)F)C(F)(F)OC(C)(C)C(C)(F)C(F)(F)F. The van der Waals surface area contributed by atoms with Crippen LogP contribution in [0, 0.1) is 0 Å². The Balaban J connectivity index is 6.61. The zero-order valence-electron chi connectivity index (χ0n) is 15.9. The number of hydrogen-bond donors (Lipinski definition) is 0. The van der Waals surface area contributed by atoms with Crippen molar-refractivity contribution in [3.05, 3.63) is 12.4 Å². The Labute approximate surface area is 162 Å². The second kappa shape index (κ2) is 7.41. The van der Waals surface area contributed by atoms with Gasteiger partial charge in [0.05, 0.1) is 0 Å². The molecular formula is C15H17F13O2. The van der Waals surface area contributed by atoms with E-state index in [0.29, 0.717) is 0 Å². The molecule has 0 bridgehead atoms. The van der Waals surface area contributed by atoms with Gasteiger partial charge in [-0.15, -0.1) is 0 Å². The van der Waals surface area contributed by atoms with Crippen molar-refractivity contribution in [2.75, 3.05) is 0 Å². The highest BCUT2D eigenvalue weighted by Crippen LogP contribution is 2.57. The van der Waals surface area contributed by atoms with E-state index >= 15 is 0 Å². The molecule has 2 unspecified atom stereocenters. The highest BCUT2D eigenvalue weighted by atomic mass is 19.4. The van der Waals surface area contributed by atoms with Gasteiger partial charge in [0.15, 0.2) is 5.83 Å². The fourth-order valence-electron chi connectivity index (χ4n) is 2.13. The van der Waals surface area contributed by atoms with E-state index in [0.717, 1.165) is 0 Å². The van der Waals surface area contributed by atoms with Crippen LogP contribution in [0.3, 0.4) is 0 Å². The van der Waals surface area contributed by atoms with E-state index in [1.165, 1.54) is 0 Å². The minimum Gasteiger partial charge on any atom is -0.308 e. The first-order chi connectivity index (χ1) is 12.6. The van der Waals surface area contributed by atoms with Crippen molar-refractivity contribution in [3.63, 3.8) is 0 Å². The first-order valence-corrected chi connectivity index (χ1v) is 7.63. The minimum atomic E-state index is -6.85. The smallest absolute Gasteiger partial charge is 0.308 e. The first-order valence-electron chi connectivity index (χ1n) is 7.63. The second-order valence-electron chi connectivity index (χ2n) is 7.32. The zero-order valence-corrected chi connectivity index (χ0v) is 15.9. The standard InChI is InChI=1S/C15H17F13O2/c1-7(16)11(18,19)29-9(4,5)12(20,14(24,25)26)15(27,28)30-8(2,3)10(6,17)13(21,22)23/h1H2,2-6H3. The number of alkyl halides is 12. The first kappa shape index (κ1) is 28.8. The van der Waals surface area contributed by atoms with Crippen molar-refractivity contribution in [1.29, 1.82) is 0 Å². The third-order valence-corrected chi connectivity index (χ3v) is 4.37. The summed E-state index contributed by atoms with van der Waals surface area (Å²) in [4.78, 5) is 0. The van der Waals surface area contributed by atoms with Gasteiger partial charge in [0.2, 0.25) is 5.67 Å². The molecule has 0 rings (SSSR count). The van der Waals surface area contributed by atoms with Crippen molar-refractivity contribution in [3.8, 4) is 0 Å². The Hall–Kier alpha value is -1.25. The quantitative estimate of drug-likeness (QED) is 0.359. The van der Waals surface area contributed by atoms with E-state index in [4.69, 9.17) is 0 Å². The van der Waals surface area contributed by atoms with Gasteiger partial charge in [-0.05, 0) is 34.6 Å². The minimum absolute atomic E-state index is 0.0724. The molecule has 0 aliphatic carbocycles. The molecule has 0 saturated carbocycles. The van der Waals surface area contributed by atoms with Crippen LogP contribution in [0.2, 0.25) is 0 Å². The average Bonchev–Trinajstić information content (AvgIpc) is 2.40. The van der Waals surface area contributed by atoms with Crippen LogP contribution in [0.15, 0.2) is 12.4 Å². The fourth-order valence-corrected chi connectivity index (χ4v) is 2.13. The van der Waals surface area contributed by atoms with Gasteiger partial charge in [0.1, 0.15) is 11.2 Å². The van der Waals surface area contributed by atoms with Crippen molar-refractivity contribution in [1.82, 2.24) is 0 Å². The maximum atomic E-state index is 14.8. The topological polar surface area (TPSA) is 18.5 Å². The van der Waals surface area contributed by atoms with Crippen molar-refractivity contribution >= 4 is 0 Å². The van der Waals surface area contributed by atoms with E-state index < -0.39 is 52.9 Å². The van der Waals surface area contributed by atoms with Gasteiger partial charge in [-0.2, -0.15) is 43.9 Å². The van der Waals surface area contributed by atoms with Crippen LogP contribution in [0.5, 0.6) is 0 Å². The molecule has 2 atom stereocenters. The van der Waals surface area contributed by atoms with Crippen molar-refractivity contribution in [2.24, 2.45) is 0 Å². The Kier molecular flexibility index (Phi) is 7.11. The molecule has 0 aromatic rings. The number of rotatable bonds is 8. The van der Waals surface area contributed by atoms with Gasteiger partial charge in [0, 0.05) is 0 Å². The van der Waals surface area contributed by atoms with E-state index in [1.807, 2.05) is 6.58 Å². The summed E-state index contributed by atoms with van der Waals surface area (Å²) in [6, 6.07) is 0. The molecule has 0 heterocycles. The van der Waals surface area contributed by atoms with Gasteiger partial charge in [-0.3, -0.25) is 0 Å². The molecule has 0 aromatic carbocycles. The van der Waals surface area contributed by atoms with Gasteiger partial charge < -0.3 is 9.47 Å². The molecule has 2 nitrogen and oxygen atoms in total. The van der Waals surface area contributed by atoms with Crippen LogP contribution in [0.25, 0.3) is 0 Å². The second-order valence-corrected chi connectivity index (χ2v) is 7.32. The molecule has 0 saturated heterocycles. The van der Waals surface area contributed by atoms with Gasteiger partial charge in [0.25, 0.3) is 0 Å². The molecule has 15 heteroatoms. The van der Waals surface area contributed by atoms with Gasteiger partial charge in [-0.25, -0.2) is 13.2 Å². The Morgan fingerprint density at radius 2 is 0.967 bits per heavy atom. The zero-order chi connectivity index (χ0) is 25.0. The summed E-state index contributed by atoms with van der Waals surface area (Å²) in [6.07, 6.45) is -24.7. The molecular weight excluding hydrogens is 459 g/mol. The lowest BCUT2D eigenvalue weighted by atomic mass is 9.83. The van der Waals surface area contributed by atoms with Crippen LogP contribution in [-0.4, -0.2) is 47.1 Å². The summed E-state index contributed by atoms with van der Waals surface area (Å²) in [5, 5.41) is 0.